The number of halogens is 1. The summed E-state index contributed by atoms with van der Waals surface area (Å²) in [5.41, 5.74) is 0. The zero-order chi connectivity index (χ0) is 10.8. The van der Waals surface area contributed by atoms with Crippen molar-refractivity contribution in [1.82, 2.24) is 4.57 Å². The summed E-state index contributed by atoms with van der Waals surface area (Å²) in [7, 11) is 1.51. The van der Waals surface area contributed by atoms with Crippen molar-refractivity contribution in [2.75, 3.05) is 13.7 Å². The summed E-state index contributed by atoms with van der Waals surface area (Å²) < 4.78 is 7.36. The number of hydrogen-bond acceptors (Lipinski definition) is 2. The van der Waals surface area contributed by atoms with Crippen LogP contribution in [0.4, 0.5) is 0 Å². The van der Waals surface area contributed by atoms with Crippen molar-refractivity contribution in [3.05, 3.63) is 35.1 Å². The van der Waals surface area contributed by atoms with Gasteiger partial charge in [-0.1, -0.05) is 22.0 Å². The number of rotatable bonds is 2. The van der Waals surface area contributed by atoms with Gasteiger partial charge in [0.05, 0.1) is 0 Å². The van der Waals surface area contributed by atoms with E-state index in [1.165, 1.54) is 7.11 Å². The largest absolute Gasteiger partial charge is 0.375 e. The molecule has 0 aliphatic carbocycles. The van der Waals surface area contributed by atoms with Gasteiger partial charge in [-0.15, -0.1) is 0 Å². The van der Waals surface area contributed by atoms with E-state index in [1.54, 1.807) is 10.8 Å². The van der Waals surface area contributed by atoms with Crippen LogP contribution in [0.5, 0.6) is 0 Å². The fraction of sp³-hybridized carbons (Fsp3) is 0.182. The summed E-state index contributed by atoms with van der Waals surface area (Å²) in [6.45, 7) is 0.0994. The van der Waals surface area contributed by atoms with Gasteiger partial charge in [-0.25, -0.2) is 0 Å². The lowest BCUT2D eigenvalue weighted by atomic mass is 10.2. The van der Waals surface area contributed by atoms with Crippen LogP contribution in [0.3, 0.4) is 0 Å². The van der Waals surface area contributed by atoms with Crippen LogP contribution in [0.15, 0.2) is 35.1 Å². The third kappa shape index (κ3) is 2.11. The van der Waals surface area contributed by atoms with Crippen LogP contribution >= 0.6 is 15.9 Å². The fourth-order valence-electron chi connectivity index (χ4n) is 1.45. The molecule has 0 aliphatic heterocycles. The molecule has 0 N–H and O–H groups in total. The third-order valence-electron chi connectivity index (χ3n) is 2.16. The second-order valence-electron chi connectivity index (χ2n) is 3.27. The lowest BCUT2D eigenvalue weighted by Gasteiger charge is -1.97. The predicted octanol–water partition coefficient (Wildman–Crippen LogP) is 2.69. The van der Waals surface area contributed by atoms with Crippen molar-refractivity contribution in [1.29, 1.82) is 0 Å². The molecule has 1 heterocycles. The second-order valence-corrected chi connectivity index (χ2v) is 4.18. The summed E-state index contributed by atoms with van der Waals surface area (Å²) in [5, 5.41) is 2.08. The molecule has 15 heavy (non-hydrogen) atoms. The highest BCUT2D eigenvalue weighted by molar-refractivity contribution is 9.10. The van der Waals surface area contributed by atoms with E-state index in [0.717, 1.165) is 15.2 Å². The Morgan fingerprint density at radius 1 is 1.40 bits per heavy atom. The molecule has 0 aliphatic rings. The van der Waals surface area contributed by atoms with Crippen molar-refractivity contribution in [2.24, 2.45) is 0 Å². The minimum atomic E-state index is -0.0650. The highest BCUT2D eigenvalue weighted by Crippen LogP contribution is 2.20. The number of hydrogen-bond donors (Lipinski definition) is 0. The van der Waals surface area contributed by atoms with Gasteiger partial charge >= 0.3 is 0 Å². The molecule has 78 valence electrons. The Morgan fingerprint density at radius 3 is 2.87 bits per heavy atom. The van der Waals surface area contributed by atoms with E-state index in [2.05, 4.69) is 15.9 Å². The molecule has 1 aromatic heterocycles. The number of ether oxygens (including phenoxy) is 1. The number of methoxy groups -OCH3 is 1. The Morgan fingerprint density at radius 2 is 2.13 bits per heavy atom. The summed E-state index contributed by atoms with van der Waals surface area (Å²) in [4.78, 5) is 11.5. The zero-order valence-electron chi connectivity index (χ0n) is 8.24. The number of fused-ring (bicyclic) bond motifs is 1. The van der Waals surface area contributed by atoms with Gasteiger partial charge in [-0.2, -0.15) is 0 Å². The molecule has 0 fully saturated rings. The molecule has 0 spiro atoms. The van der Waals surface area contributed by atoms with E-state index in [1.807, 2.05) is 24.4 Å². The summed E-state index contributed by atoms with van der Waals surface area (Å²) >= 11 is 3.39. The quantitative estimate of drug-likeness (QED) is 0.838. The maximum atomic E-state index is 11.5. The molecule has 0 amide bonds. The first-order valence-electron chi connectivity index (χ1n) is 4.50. The molecule has 0 atom stereocenters. The molecule has 1 aromatic carbocycles. The van der Waals surface area contributed by atoms with E-state index in [-0.39, 0.29) is 12.5 Å². The minimum Gasteiger partial charge on any atom is -0.375 e. The van der Waals surface area contributed by atoms with Crippen LogP contribution in [-0.4, -0.2) is 24.2 Å². The van der Waals surface area contributed by atoms with Gasteiger partial charge in [0.25, 0.3) is 5.91 Å². The third-order valence-corrected chi connectivity index (χ3v) is 2.65. The van der Waals surface area contributed by atoms with Gasteiger partial charge < -0.3 is 4.74 Å². The summed E-state index contributed by atoms with van der Waals surface area (Å²) in [6.07, 6.45) is 3.62. The van der Waals surface area contributed by atoms with Crippen LogP contribution in [-0.2, 0) is 4.74 Å². The maximum Gasteiger partial charge on any atom is 0.256 e. The Labute approximate surface area is 95.8 Å². The molecular weight excluding hydrogens is 258 g/mol. The standard InChI is InChI=1S/C11H10BrNO2/c1-15-7-11(14)13-5-8-2-3-10(12)4-9(8)6-13/h2-6H,7H2,1H3. The Kier molecular flexibility index (Phi) is 2.88. The highest BCUT2D eigenvalue weighted by atomic mass is 79.9. The number of benzene rings is 1. The van der Waals surface area contributed by atoms with Gasteiger partial charge in [0, 0.05) is 29.4 Å². The topological polar surface area (TPSA) is 31.2 Å². The molecule has 0 bridgehead atoms. The van der Waals surface area contributed by atoms with Gasteiger partial charge in [0.2, 0.25) is 0 Å². The van der Waals surface area contributed by atoms with Crippen LogP contribution in [0.25, 0.3) is 10.8 Å². The zero-order valence-corrected chi connectivity index (χ0v) is 9.82. The Hall–Kier alpha value is -1.13. The Balaban J connectivity index is 2.42. The van der Waals surface area contributed by atoms with E-state index < -0.39 is 0 Å². The van der Waals surface area contributed by atoms with Gasteiger partial charge in [-0.3, -0.25) is 9.36 Å². The molecule has 4 heteroatoms. The van der Waals surface area contributed by atoms with Crippen LogP contribution < -0.4 is 0 Å². The average Bonchev–Trinajstić information content (AvgIpc) is 2.60. The van der Waals surface area contributed by atoms with Crippen molar-refractivity contribution in [3.63, 3.8) is 0 Å². The van der Waals surface area contributed by atoms with Crippen molar-refractivity contribution in [2.45, 2.75) is 0 Å². The lowest BCUT2D eigenvalue weighted by Crippen LogP contribution is -2.13. The van der Waals surface area contributed by atoms with E-state index in [0.29, 0.717) is 0 Å². The number of aromatic nitrogens is 1. The molecule has 0 radical (unpaired) electrons. The molecule has 0 saturated heterocycles. The van der Waals surface area contributed by atoms with Crippen LogP contribution in [0, 0.1) is 0 Å². The van der Waals surface area contributed by atoms with Gasteiger partial charge in [0.15, 0.2) is 0 Å². The van der Waals surface area contributed by atoms with Gasteiger partial charge in [-0.05, 0) is 17.5 Å². The average molecular weight is 268 g/mol. The molecular formula is C11H10BrNO2. The number of carbonyl (C=O) groups excluding carboxylic acids is 1. The second kappa shape index (κ2) is 4.16. The van der Waals surface area contributed by atoms with Crippen molar-refractivity contribution < 1.29 is 9.53 Å². The SMILES string of the molecule is COCC(=O)n1cc2ccc(Br)cc2c1. The number of carbonyl (C=O) groups is 1. The molecule has 0 unspecified atom stereocenters. The van der Waals surface area contributed by atoms with Crippen LogP contribution in [0.1, 0.15) is 4.79 Å². The normalized spacial score (nSPS) is 10.8. The Bertz CT molecular complexity index is 504. The van der Waals surface area contributed by atoms with Crippen molar-refractivity contribution in [3.8, 4) is 0 Å². The first-order chi connectivity index (χ1) is 7.20. The molecule has 0 saturated carbocycles. The summed E-state index contributed by atoms with van der Waals surface area (Å²) in [5.74, 6) is -0.0650. The summed E-state index contributed by atoms with van der Waals surface area (Å²) in [6, 6.07) is 5.90. The van der Waals surface area contributed by atoms with E-state index in [9.17, 15) is 4.79 Å². The molecule has 3 nitrogen and oxygen atoms in total. The van der Waals surface area contributed by atoms with Gasteiger partial charge in [0.1, 0.15) is 6.61 Å². The first kappa shape index (κ1) is 10.4. The number of nitrogens with zero attached hydrogens (tertiary/aromatic N) is 1. The monoisotopic (exact) mass is 267 g/mol. The fourth-order valence-corrected chi connectivity index (χ4v) is 1.83. The van der Waals surface area contributed by atoms with E-state index >= 15 is 0 Å². The van der Waals surface area contributed by atoms with Crippen LogP contribution in [0.2, 0.25) is 0 Å². The first-order valence-corrected chi connectivity index (χ1v) is 5.29. The minimum absolute atomic E-state index is 0.0650. The lowest BCUT2D eigenvalue weighted by molar-refractivity contribution is 0.0762. The molecule has 2 aromatic rings. The highest BCUT2D eigenvalue weighted by Gasteiger charge is 2.05. The maximum absolute atomic E-state index is 11.5. The smallest absolute Gasteiger partial charge is 0.256 e. The molecule has 2 rings (SSSR count). The predicted molar refractivity (Wildman–Crippen MR) is 62.1 cm³/mol. The van der Waals surface area contributed by atoms with Crippen molar-refractivity contribution >= 4 is 32.6 Å². The van der Waals surface area contributed by atoms with E-state index in [4.69, 9.17) is 4.74 Å².